The number of nitrogens with one attached hydrogen (secondary N) is 3. The van der Waals surface area contributed by atoms with E-state index in [1.165, 1.54) is 6.33 Å². The van der Waals surface area contributed by atoms with Crippen LogP contribution in [0.3, 0.4) is 0 Å². The first-order valence-corrected chi connectivity index (χ1v) is 6.33. The molecule has 6 nitrogen and oxygen atoms in total. The van der Waals surface area contributed by atoms with Crippen molar-refractivity contribution in [2.24, 2.45) is 0 Å². The van der Waals surface area contributed by atoms with Crippen molar-refractivity contribution in [2.75, 3.05) is 11.9 Å². The number of H-pyrrole nitrogens is 1. The van der Waals surface area contributed by atoms with Crippen molar-refractivity contribution in [2.45, 2.75) is 19.4 Å². The van der Waals surface area contributed by atoms with Gasteiger partial charge < -0.3 is 10.6 Å². The molecule has 2 heterocycles. The Morgan fingerprint density at radius 1 is 1.42 bits per heavy atom. The van der Waals surface area contributed by atoms with E-state index in [1.807, 2.05) is 18.2 Å². The summed E-state index contributed by atoms with van der Waals surface area (Å²) in [7, 11) is 0. The molecule has 3 N–H and O–H groups in total. The lowest BCUT2D eigenvalue weighted by Crippen LogP contribution is -2.26. The Balaban J connectivity index is 1.76. The minimum atomic E-state index is -0.0723. The van der Waals surface area contributed by atoms with E-state index in [9.17, 15) is 4.79 Å². The highest BCUT2D eigenvalue weighted by Gasteiger charge is 2.17. The summed E-state index contributed by atoms with van der Waals surface area (Å²) in [6.45, 7) is 1.33. The van der Waals surface area contributed by atoms with Crippen molar-refractivity contribution in [1.82, 2.24) is 20.5 Å². The van der Waals surface area contributed by atoms with Crippen molar-refractivity contribution in [3.8, 4) is 0 Å². The lowest BCUT2D eigenvalue weighted by Gasteiger charge is -2.20. The average molecular weight is 257 g/mol. The molecular formula is C13H15N5O. The van der Waals surface area contributed by atoms with E-state index in [-0.39, 0.29) is 5.91 Å². The molecule has 2 aromatic rings. The summed E-state index contributed by atoms with van der Waals surface area (Å²) in [4.78, 5) is 16.2. The zero-order valence-electron chi connectivity index (χ0n) is 10.4. The van der Waals surface area contributed by atoms with Crippen LogP contribution in [0.5, 0.6) is 0 Å². The molecular weight excluding hydrogens is 242 g/mol. The molecule has 6 heteroatoms. The van der Waals surface area contributed by atoms with Gasteiger partial charge in [-0.25, -0.2) is 4.98 Å². The number of benzene rings is 1. The summed E-state index contributed by atoms with van der Waals surface area (Å²) in [6, 6.07) is 5.78. The zero-order valence-corrected chi connectivity index (χ0v) is 10.4. The predicted molar refractivity (Wildman–Crippen MR) is 70.8 cm³/mol. The van der Waals surface area contributed by atoms with Crippen LogP contribution in [0.25, 0.3) is 0 Å². The van der Waals surface area contributed by atoms with Crippen LogP contribution in [0.1, 0.15) is 28.2 Å². The first kappa shape index (κ1) is 11.7. The smallest absolute Gasteiger partial charge is 0.252 e. The van der Waals surface area contributed by atoms with Gasteiger partial charge in [0.15, 0.2) is 0 Å². The minimum absolute atomic E-state index is 0.0723. The van der Waals surface area contributed by atoms with Crippen LogP contribution in [0.2, 0.25) is 0 Å². The monoisotopic (exact) mass is 257 g/mol. The van der Waals surface area contributed by atoms with Gasteiger partial charge in [0.2, 0.25) is 0 Å². The van der Waals surface area contributed by atoms with Gasteiger partial charge in [-0.2, -0.15) is 5.10 Å². The third-order valence-electron chi connectivity index (χ3n) is 3.22. The molecule has 1 aromatic carbocycles. The molecule has 0 radical (unpaired) electrons. The summed E-state index contributed by atoms with van der Waals surface area (Å²) in [6.07, 6.45) is 3.42. The number of fused-ring (bicyclic) bond motifs is 1. The molecule has 0 saturated heterocycles. The van der Waals surface area contributed by atoms with Gasteiger partial charge in [0.25, 0.3) is 5.91 Å². The standard InChI is InChI=1S/C13H15N5O/c19-13(15-7-12-16-8-17-18-12)10-3-1-5-11-9(10)4-2-6-14-11/h1,3,5,8,14H,2,4,6-7H2,(H,15,19)(H,16,17,18). The SMILES string of the molecule is O=C(NCc1ncn[nH]1)c1cccc2c1CCCN2. The summed E-state index contributed by atoms with van der Waals surface area (Å²) in [5.41, 5.74) is 2.91. The molecule has 0 spiro atoms. The Hall–Kier alpha value is -2.37. The summed E-state index contributed by atoms with van der Waals surface area (Å²) < 4.78 is 0. The Kier molecular flexibility index (Phi) is 3.14. The van der Waals surface area contributed by atoms with Crippen molar-refractivity contribution in [1.29, 1.82) is 0 Å². The second-order valence-corrected chi connectivity index (χ2v) is 4.48. The number of rotatable bonds is 3. The average Bonchev–Trinajstić information content (AvgIpc) is 2.97. The van der Waals surface area contributed by atoms with Crippen molar-refractivity contribution in [3.63, 3.8) is 0 Å². The molecule has 0 unspecified atom stereocenters. The fourth-order valence-electron chi connectivity index (χ4n) is 2.30. The molecule has 98 valence electrons. The van der Waals surface area contributed by atoms with Crippen molar-refractivity contribution in [3.05, 3.63) is 41.5 Å². The van der Waals surface area contributed by atoms with E-state index in [0.29, 0.717) is 12.4 Å². The van der Waals surface area contributed by atoms with Gasteiger partial charge in [0, 0.05) is 17.8 Å². The molecule has 1 amide bonds. The normalized spacial score (nSPS) is 13.5. The third-order valence-corrected chi connectivity index (χ3v) is 3.22. The van der Waals surface area contributed by atoms with Gasteiger partial charge in [0.1, 0.15) is 12.2 Å². The lowest BCUT2D eigenvalue weighted by atomic mass is 9.97. The van der Waals surface area contributed by atoms with Crippen LogP contribution in [-0.4, -0.2) is 27.6 Å². The molecule has 0 aliphatic carbocycles. The molecule has 1 aliphatic rings. The first-order chi connectivity index (χ1) is 9.34. The van der Waals surface area contributed by atoms with E-state index in [0.717, 1.165) is 36.2 Å². The van der Waals surface area contributed by atoms with Crippen LogP contribution in [-0.2, 0) is 13.0 Å². The van der Waals surface area contributed by atoms with Crippen LogP contribution < -0.4 is 10.6 Å². The van der Waals surface area contributed by atoms with E-state index in [4.69, 9.17) is 0 Å². The van der Waals surface area contributed by atoms with E-state index < -0.39 is 0 Å². The zero-order chi connectivity index (χ0) is 13.1. The fourth-order valence-corrected chi connectivity index (χ4v) is 2.30. The largest absolute Gasteiger partial charge is 0.385 e. The number of nitrogens with zero attached hydrogens (tertiary/aromatic N) is 2. The van der Waals surface area contributed by atoms with Crippen LogP contribution >= 0.6 is 0 Å². The fraction of sp³-hybridized carbons (Fsp3) is 0.308. The van der Waals surface area contributed by atoms with Crippen LogP contribution in [0.15, 0.2) is 24.5 Å². The molecule has 19 heavy (non-hydrogen) atoms. The van der Waals surface area contributed by atoms with Crippen LogP contribution in [0, 0.1) is 0 Å². The minimum Gasteiger partial charge on any atom is -0.385 e. The molecule has 1 aromatic heterocycles. The number of amides is 1. The number of hydrogen-bond acceptors (Lipinski definition) is 4. The molecule has 3 rings (SSSR count). The predicted octanol–water partition coefficient (Wildman–Crippen LogP) is 1.09. The number of aromatic nitrogens is 3. The molecule has 1 aliphatic heterocycles. The maximum atomic E-state index is 12.2. The number of aromatic amines is 1. The maximum Gasteiger partial charge on any atom is 0.252 e. The first-order valence-electron chi connectivity index (χ1n) is 6.33. The second-order valence-electron chi connectivity index (χ2n) is 4.48. The van der Waals surface area contributed by atoms with E-state index >= 15 is 0 Å². The molecule has 0 fully saturated rings. The Labute approximate surface area is 110 Å². The molecule has 0 bridgehead atoms. The summed E-state index contributed by atoms with van der Waals surface area (Å²) >= 11 is 0. The van der Waals surface area contributed by atoms with E-state index in [1.54, 1.807) is 0 Å². The number of carbonyl (C=O) groups is 1. The van der Waals surface area contributed by atoms with Gasteiger partial charge in [-0.1, -0.05) is 6.07 Å². The third kappa shape index (κ3) is 2.42. The topological polar surface area (TPSA) is 82.7 Å². The maximum absolute atomic E-state index is 12.2. The Morgan fingerprint density at radius 2 is 2.37 bits per heavy atom. The highest BCUT2D eigenvalue weighted by Crippen LogP contribution is 2.25. The summed E-state index contributed by atoms with van der Waals surface area (Å²) in [5.74, 6) is 0.577. The highest BCUT2D eigenvalue weighted by atomic mass is 16.1. The molecule has 0 saturated carbocycles. The quantitative estimate of drug-likeness (QED) is 0.768. The van der Waals surface area contributed by atoms with Gasteiger partial charge in [-0.3, -0.25) is 9.89 Å². The van der Waals surface area contributed by atoms with Gasteiger partial charge >= 0.3 is 0 Å². The van der Waals surface area contributed by atoms with Gasteiger partial charge in [-0.05, 0) is 30.5 Å². The highest BCUT2D eigenvalue weighted by molar-refractivity contribution is 5.97. The molecule has 0 atom stereocenters. The number of hydrogen-bond donors (Lipinski definition) is 3. The van der Waals surface area contributed by atoms with Gasteiger partial charge in [0.05, 0.1) is 6.54 Å². The van der Waals surface area contributed by atoms with Crippen LogP contribution in [0.4, 0.5) is 5.69 Å². The van der Waals surface area contributed by atoms with Crippen molar-refractivity contribution >= 4 is 11.6 Å². The lowest BCUT2D eigenvalue weighted by molar-refractivity contribution is 0.0949. The summed E-state index contributed by atoms with van der Waals surface area (Å²) in [5, 5.41) is 12.6. The number of anilines is 1. The van der Waals surface area contributed by atoms with Crippen molar-refractivity contribution < 1.29 is 4.79 Å². The Morgan fingerprint density at radius 3 is 3.21 bits per heavy atom. The second kappa shape index (κ2) is 5.09. The van der Waals surface area contributed by atoms with Gasteiger partial charge in [-0.15, -0.1) is 0 Å². The number of carbonyl (C=O) groups excluding carboxylic acids is 1. The Bertz CT molecular complexity index is 579. The van der Waals surface area contributed by atoms with E-state index in [2.05, 4.69) is 25.8 Å².